The molecule has 0 spiro atoms. The molecular weight excluding hydrogens is 411 g/mol. The Balaban J connectivity index is 0.00000210. The summed E-state index contributed by atoms with van der Waals surface area (Å²) in [6, 6.07) is 18.3. The van der Waals surface area contributed by atoms with Gasteiger partial charge in [0.25, 0.3) is 0 Å². The lowest BCUT2D eigenvalue weighted by molar-refractivity contribution is -0.124. The van der Waals surface area contributed by atoms with Crippen LogP contribution in [0, 0.1) is 0 Å². The number of rotatable bonds is 6. The van der Waals surface area contributed by atoms with Gasteiger partial charge in [0.15, 0.2) is 0 Å². The molecule has 2 aromatic carbocycles. The van der Waals surface area contributed by atoms with Gasteiger partial charge in [0.1, 0.15) is 6.04 Å². The molecule has 1 fully saturated rings. The maximum absolute atomic E-state index is 12.4. The summed E-state index contributed by atoms with van der Waals surface area (Å²) >= 11 is 0. The average molecular weight is 439 g/mol. The van der Waals surface area contributed by atoms with Crippen LogP contribution in [0.15, 0.2) is 60.7 Å². The Labute approximate surface area is 184 Å². The first kappa shape index (κ1) is 24.9. The van der Waals surface area contributed by atoms with E-state index in [9.17, 15) is 9.59 Å². The molecule has 158 valence electrons. The van der Waals surface area contributed by atoms with Crippen LogP contribution >= 0.6 is 24.8 Å². The number of halogens is 2. The third-order valence-electron chi connectivity index (χ3n) is 4.80. The monoisotopic (exact) mass is 438 g/mol. The molecule has 1 atom stereocenters. The van der Waals surface area contributed by atoms with E-state index in [1.807, 2.05) is 60.7 Å². The Bertz CT molecular complexity index is 754. The molecule has 1 heterocycles. The number of amides is 2. The second kappa shape index (κ2) is 12.4. The van der Waals surface area contributed by atoms with Gasteiger partial charge in [-0.05, 0) is 30.5 Å². The zero-order valence-corrected chi connectivity index (χ0v) is 17.8. The molecule has 8 heteroatoms. The predicted octanol–water partition coefficient (Wildman–Crippen LogP) is 2.75. The number of benzene rings is 2. The number of likely N-dealkylation sites (tertiary alicyclic amines) is 1. The standard InChI is InChI=1S/C21H26N4O2.2ClH/c22-20(16-7-3-1-4-8-16)21(27)24-18-11-13-25(14-12-18)15-19(26)23-17-9-5-2-6-10-17;;/h1-10,18,20H,11-15,22H2,(H,23,26)(H,24,27);2*1H. The number of piperidine rings is 1. The summed E-state index contributed by atoms with van der Waals surface area (Å²) in [6.07, 6.45) is 1.62. The van der Waals surface area contributed by atoms with Gasteiger partial charge in [0, 0.05) is 24.8 Å². The maximum atomic E-state index is 12.4. The van der Waals surface area contributed by atoms with Crippen LogP contribution in [0.5, 0.6) is 0 Å². The summed E-state index contributed by atoms with van der Waals surface area (Å²) in [4.78, 5) is 26.6. The van der Waals surface area contributed by atoms with Gasteiger partial charge in [-0.1, -0.05) is 48.5 Å². The summed E-state index contributed by atoms with van der Waals surface area (Å²) in [6.45, 7) is 1.90. The summed E-state index contributed by atoms with van der Waals surface area (Å²) in [5.41, 5.74) is 7.66. The second-order valence-electron chi connectivity index (χ2n) is 6.86. The zero-order chi connectivity index (χ0) is 19.1. The summed E-state index contributed by atoms with van der Waals surface area (Å²) in [5, 5.41) is 5.94. The smallest absolute Gasteiger partial charge is 0.241 e. The number of carbonyl (C=O) groups is 2. The Morgan fingerprint density at radius 1 is 0.966 bits per heavy atom. The molecular formula is C21H28Cl2N4O2. The van der Waals surface area contributed by atoms with Crippen LogP contribution in [-0.2, 0) is 9.59 Å². The highest BCUT2D eigenvalue weighted by molar-refractivity contribution is 5.92. The van der Waals surface area contributed by atoms with Crippen molar-refractivity contribution in [1.82, 2.24) is 10.2 Å². The van der Waals surface area contributed by atoms with Crippen molar-refractivity contribution in [3.05, 3.63) is 66.2 Å². The minimum absolute atomic E-state index is 0. The number of hydrogen-bond acceptors (Lipinski definition) is 4. The first-order chi connectivity index (χ1) is 13.1. The fourth-order valence-corrected chi connectivity index (χ4v) is 3.26. The van der Waals surface area contributed by atoms with Gasteiger partial charge in [-0.15, -0.1) is 24.8 Å². The first-order valence-corrected chi connectivity index (χ1v) is 9.30. The molecule has 0 aliphatic carbocycles. The highest BCUT2D eigenvalue weighted by Gasteiger charge is 2.24. The number of hydrogen-bond donors (Lipinski definition) is 3. The van der Waals surface area contributed by atoms with Gasteiger partial charge in [-0.25, -0.2) is 0 Å². The van der Waals surface area contributed by atoms with E-state index in [1.165, 1.54) is 0 Å². The molecule has 1 saturated heterocycles. The Hall–Kier alpha value is -2.12. The highest BCUT2D eigenvalue weighted by Crippen LogP contribution is 2.14. The largest absolute Gasteiger partial charge is 0.352 e. The van der Waals surface area contributed by atoms with Crippen molar-refractivity contribution in [2.75, 3.05) is 25.0 Å². The molecule has 0 aromatic heterocycles. The number of para-hydroxylation sites is 1. The van der Waals surface area contributed by atoms with E-state index < -0.39 is 6.04 Å². The van der Waals surface area contributed by atoms with E-state index in [2.05, 4.69) is 15.5 Å². The molecule has 3 rings (SSSR count). The van der Waals surface area contributed by atoms with Crippen molar-refractivity contribution in [1.29, 1.82) is 0 Å². The third-order valence-corrected chi connectivity index (χ3v) is 4.80. The average Bonchev–Trinajstić information content (AvgIpc) is 2.70. The van der Waals surface area contributed by atoms with Gasteiger partial charge in [0.2, 0.25) is 11.8 Å². The highest BCUT2D eigenvalue weighted by atomic mass is 35.5. The molecule has 6 nitrogen and oxygen atoms in total. The van der Waals surface area contributed by atoms with Crippen molar-refractivity contribution in [3.63, 3.8) is 0 Å². The molecule has 1 aliphatic heterocycles. The topological polar surface area (TPSA) is 87.5 Å². The Morgan fingerprint density at radius 3 is 2.10 bits per heavy atom. The third kappa shape index (κ3) is 7.66. The molecule has 29 heavy (non-hydrogen) atoms. The van der Waals surface area contributed by atoms with Crippen molar-refractivity contribution in [2.45, 2.75) is 24.9 Å². The van der Waals surface area contributed by atoms with Gasteiger partial charge >= 0.3 is 0 Å². The van der Waals surface area contributed by atoms with Crippen LogP contribution in [0.1, 0.15) is 24.4 Å². The van der Waals surface area contributed by atoms with Crippen LogP contribution in [0.4, 0.5) is 5.69 Å². The number of carbonyl (C=O) groups excluding carboxylic acids is 2. The summed E-state index contributed by atoms with van der Waals surface area (Å²) in [7, 11) is 0. The van der Waals surface area contributed by atoms with Crippen LogP contribution in [0.25, 0.3) is 0 Å². The minimum Gasteiger partial charge on any atom is -0.352 e. The van der Waals surface area contributed by atoms with E-state index in [0.29, 0.717) is 6.54 Å². The van der Waals surface area contributed by atoms with Gasteiger partial charge in [0.05, 0.1) is 6.54 Å². The van der Waals surface area contributed by atoms with Gasteiger partial charge in [-0.2, -0.15) is 0 Å². The number of nitrogens with zero attached hydrogens (tertiary/aromatic N) is 1. The normalized spacial score (nSPS) is 15.3. The fraction of sp³-hybridized carbons (Fsp3) is 0.333. The number of nitrogens with one attached hydrogen (secondary N) is 2. The lowest BCUT2D eigenvalue weighted by Gasteiger charge is -2.32. The molecule has 4 N–H and O–H groups in total. The van der Waals surface area contributed by atoms with Gasteiger partial charge < -0.3 is 16.4 Å². The predicted molar refractivity (Wildman–Crippen MR) is 121 cm³/mol. The molecule has 1 unspecified atom stereocenters. The lowest BCUT2D eigenvalue weighted by atomic mass is 10.0. The first-order valence-electron chi connectivity index (χ1n) is 9.30. The lowest BCUT2D eigenvalue weighted by Crippen LogP contribution is -2.48. The fourth-order valence-electron chi connectivity index (χ4n) is 3.26. The van der Waals surface area contributed by atoms with Crippen LogP contribution in [-0.4, -0.2) is 42.4 Å². The molecule has 2 aromatic rings. The zero-order valence-electron chi connectivity index (χ0n) is 16.1. The summed E-state index contributed by atoms with van der Waals surface area (Å²) in [5.74, 6) is -0.170. The van der Waals surface area contributed by atoms with Crippen molar-refractivity contribution >= 4 is 42.3 Å². The van der Waals surface area contributed by atoms with Gasteiger partial charge in [-0.3, -0.25) is 14.5 Å². The molecule has 1 aliphatic rings. The molecule has 0 bridgehead atoms. The van der Waals surface area contributed by atoms with Crippen LogP contribution < -0.4 is 16.4 Å². The van der Waals surface area contributed by atoms with Crippen LogP contribution in [0.3, 0.4) is 0 Å². The minimum atomic E-state index is -0.652. The van der Waals surface area contributed by atoms with Crippen molar-refractivity contribution in [2.24, 2.45) is 5.73 Å². The molecule has 0 radical (unpaired) electrons. The van der Waals surface area contributed by atoms with Crippen molar-refractivity contribution < 1.29 is 9.59 Å². The van der Waals surface area contributed by atoms with Crippen molar-refractivity contribution in [3.8, 4) is 0 Å². The summed E-state index contributed by atoms with van der Waals surface area (Å²) < 4.78 is 0. The number of anilines is 1. The van der Waals surface area contributed by atoms with Crippen LogP contribution in [0.2, 0.25) is 0 Å². The Kier molecular flexibility index (Phi) is 10.7. The quantitative estimate of drug-likeness (QED) is 0.646. The Morgan fingerprint density at radius 2 is 1.52 bits per heavy atom. The second-order valence-corrected chi connectivity index (χ2v) is 6.86. The van der Waals surface area contributed by atoms with E-state index in [0.717, 1.165) is 37.2 Å². The number of nitrogens with two attached hydrogens (primary N) is 1. The van der Waals surface area contributed by atoms with E-state index in [4.69, 9.17) is 5.73 Å². The van der Waals surface area contributed by atoms with E-state index >= 15 is 0 Å². The van der Waals surface area contributed by atoms with E-state index in [1.54, 1.807) is 0 Å². The molecule has 0 saturated carbocycles. The SMILES string of the molecule is Cl.Cl.NC(C(=O)NC1CCN(CC(=O)Nc2ccccc2)CC1)c1ccccc1. The van der Waals surface area contributed by atoms with E-state index in [-0.39, 0.29) is 42.7 Å². The molecule has 2 amide bonds. The maximum Gasteiger partial charge on any atom is 0.241 e.